The molecule has 4 heteroatoms. The van der Waals surface area contributed by atoms with Crippen LogP contribution >= 0.6 is 0 Å². The van der Waals surface area contributed by atoms with Crippen molar-refractivity contribution < 1.29 is 9.53 Å². The highest BCUT2D eigenvalue weighted by Crippen LogP contribution is 2.25. The van der Waals surface area contributed by atoms with Gasteiger partial charge in [-0.3, -0.25) is 9.78 Å². The van der Waals surface area contributed by atoms with E-state index >= 15 is 0 Å². The first-order chi connectivity index (χ1) is 12.7. The third-order valence-electron chi connectivity index (χ3n) is 4.12. The zero-order chi connectivity index (χ0) is 18.2. The Labute approximate surface area is 153 Å². The second-order valence-electron chi connectivity index (χ2n) is 6.04. The Kier molecular flexibility index (Phi) is 5.99. The zero-order valence-electron chi connectivity index (χ0n) is 14.8. The number of hydrogen-bond acceptors (Lipinski definition) is 3. The summed E-state index contributed by atoms with van der Waals surface area (Å²) in [4.78, 5) is 15.9. The maximum absolute atomic E-state index is 11.9. The van der Waals surface area contributed by atoms with E-state index in [0.717, 1.165) is 34.1 Å². The molecule has 4 nitrogen and oxygen atoms in total. The number of benzene rings is 2. The number of amides is 1. The number of pyridine rings is 1. The number of nitrogens with one attached hydrogen (secondary N) is 1. The molecular weight excluding hydrogens is 324 g/mol. The van der Waals surface area contributed by atoms with Gasteiger partial charge in [-0.2, -0.15) is 0 Å². The van der Waals surface area contributed by atoms with Gasteiger partial charge in [0.15, 0.2) is 0 Å². The molecule has 0 saturated carbocycles. The molecule has 0 unspecified atom stereocenters. The lowest BCUT2D eigenvalue weighted by Crippen LogP contribution is -2.23. The van der Waals surface area contributed by atoms with Crippen LogP contribution in [0.15, 0.2) is 67.0 Å². The molecule has 0 aliphatic rings. The number of carbonyl (C=O) groups excluding carboxylic acids is 1. The maximum atomic E-state index is 11.9. The third-order valence-corrected chi connectivity index (χ3v) is 4.12. The van der Waals surface area contributed by atoms with Crippen LogP contribution < -0.4 is 10.1 Å². The molecule has 0 bridgehead atoms. The standard InChI is InChI=1S/C22H22N2O2/c1-17-12-14-23-16-19(17)10-11-22(25)24-13-5-15-26-21-9-4-7-18-6-2-3-8-20(18)21/h2-4,6-12,14,16H,5,13,15H2,1H3,(H,24,25)/b11-10+. The van der Waals surface area contributed by atoms with Crippen molar-refractivity contribution in [3.63, 3.8) is 0 Å². The van der Waals surface area contributed by atoms with Crippen LogP contribution in [0.25, 0.3) is 16.8 Å². The summed E-state index contributed by atoms with van der Waals surface area (Å²) in [5.74, 6) is 0.764. The van der Waals surface area contributed by atoms with Crippen molar-refractivity contribution in [1.29, 1.82) is 0 Å². The minimum Gasteiger partial charge on any atom is -0.493 e. The lowest BCUT2D eigenvalue weighted by molar-refractivity contribution is -0.116. The summed E-state index contributed by atoms with van der Waals surface area (Å²) >= 11 is 0. The molecule has 0 aliphatic carbocycles. The normalized spacial score (nSPS) is 11.0. The largest absolute Gasteiger partial charge is 0.493 e. The molecule has 0 aliphatic heterocycles. The minimum atomic E-state index is -0.113. The highest BCUT2D eigenvalue weighted by atomic mass is 16.5. The minimum absolute atomic E-state index is 0.113. The number of fused-ring (bicyclic) bond motifs is 1. The molecular formula is C22H22N2O2. The van der Waals surface area contributed by atoms with Crippen LogP contribution in [0.1, 0.15) is 17.5 Å². The molecule has 0 spiro atoms. The van der Waals surface area contributed by atoms with Gasteiger partial charge >= 0.3 is 0 Å². The molecule has 1 amide bonds. The van der Waals surface area contributed by atoms with E-state index in [1.165, 1.54) is 6.08 Å². The zero-order valence-corrected chi connectivity index (χ0v) is 14.8. The summed E-state index contributed by atoms with van der Waals surface area (Å²) in [6.45, 7) is 3.11. The second-order valence-corrected chi connectivity index (χ2v) is 6.04. The van der Waals surface area contributed by atoms with Crippen LogP contribution in [0.5, 0.6) is 5.75 Å². The summed E-state index contributed by atoms with van der Waals surface area (Å²) in [5, 5.41) is 5.14. The average molecular weight is 346 g/mol. The first-order valence-electron chi connectivity index (χ1n) is 8.71. The number of hydrogen-bond donors (Lipinski definition) is 1. The van der Waals surface area contributed by atoms with Crippen LogP contribution in [-0.2, 0) is 4.79 Å². The SMILES string of the molecule is Cc1ccncc1/C=C/C(=O)NCCCOc1cccc2ccccc12. The molecule has 2 aromatic carbocycles. The Hall–Kier alpha value is -3.14. The highest BCUT2D eigenvalue weighted by Gasteiger charge is 2.01. The molecule has 0 saturated heterocycles. The fourth-order valence-corrected chi connectivity index (χ4v) is 2.66. The van der Waals surface area contributed by atoms with E-state index in [2.05, 4.69) is 28.5 Å². The molecule has 0 radical (unpaired) electrons. The summed E-state index contributed by atoms with van der Waals surface area (Å²) in [6.07, 6.45) is 7.55. The van der Waals surface area contributed by atoms with Crippen LogP contribution in [0.3, 0.4) is 0 Å². The number of nitrogens with zero attached hydrogens (tertiary/aromatic N) is 1. The van der Waals surface area contributed by atoms with Gasteiger partial charge in [0, 0.05) is 30.4 Å². The van der Waals surface area contributed by atoms with Gasteiger partial charge in [0.05, 0.1) is 6.61 Å². The van der Waals surface area contributed by atoms with Gasteiger partial charge in [0.1, 0.15) is 5.75 Å². The van der Waals surface area contributed by atoms with E-state index in [4.69, 9.17) is 4.74 Å². The van der Waals surface area contributed by atoms with Crippen molar-refractivity contribution in [2.24, 2.45) is 0 Å². The first kappa shape index (κ1) is 17.7. The first-order valence-corrected chi connectivity index (χ1v) is 8.71. The molecule has 3 aromatic rings. The van der Waals surface area contributed by atoms with Crippen molar-refractivity contribution in [3.8, 4) is 5.75 Å². The van der Waals surface area contributed by atoms with E-state index in [0.29, 0.717) is 13.2 Å². The molecule has 26 heavy (non-hydrogen) atoms. The Morgan fingerprint density at radius 2 is 2.00 bits per heavy atom. The van der Waals surface area contributed by atoms with Gasteiger partial charge in [-0.1, -0.05) is 36.4 Å². The lowest BCUT2D eigenvalue weighted by atomic mass is 10.1. The second kappa shape index (κ2) is 8.81. The van der Waals surface area contributed by atoms with Gasteiger partial charge in [0.2, 0.25) is 5.91 Å². The average Bonchev–Trinajstić information content (AvgIpc) is 2.67. The van der Waals surface area contributed by atoms with Crippen molar-refractivity contribution in [1.82, 2.24) is 10.3 Å². The summed E-state index contributed by atoms with van der Waals surface area (Å²) in [5.41, 5.74) is 2.04. The summed E-state index contributed by atoms with van der Waals surface area (Å²) < 4.78 is 5.87. The van der Waals surface area contributed by atoms with Crippen LogP contribution in [-0.4, -0.2) is 24.0 Å². The Bertz CT molecular complexity index is 913. The van der Waals surface area contributed by atoms with Gasteiger partial charge in [0.25, 0.3) is 0 Å². The fraction of sp³-hybridized carbons (Fsp3) is 0.182. The Balaban J connectivity index is 1.43. The number of ether oxygens (including phenoxy) is 1. The quantitative estimate of drug-likeness (QED) is 0.517. The van der Waals surface area contributed by atoms with E-state index in [9.17, 15) is 4.79 Å². The van der Waals surface area contributed by atoms with Crippen LogP contribution in [0.2, 0.25) is 0 Å². The van der Waals surface area contributed by atoms with Crippen molar-refractivity contribution >= 4 is 22.8 Å². The van der Waals surface area contributed by atoms with E-state index < -0.39 is 0 Å². The molecule has 0 atom stereocenters. The van der Waals surface area contributed by atoms with Crippen molar-refractivity contribution in [2.45, 2.75) is 13.3 Å². The van der Waals surface area contributed by atoms with Gasteiger partial charge < -0.3 is 10.1 Å². The Morgan fingerprint density at radius 3 is 2.88 bits per heavy atom. The number of aryl methyl sites for hydroxylation is 1. The number of rotatable bonds is 7. The monoisotopic (exact) mass is 346 g/mol. The highest BCUT2D eigenvalue weighted by molar-refractivity contribution is 5.91. The van der Waals surface area contributed by atoms with Crippen molar-refractivity contribution in [2.75, 3.05) is 13.2 Å². The van der Waals surface area contributed by atoms with Gasteiger partial charge in [-0.25, -0.2) is 0 Å². The maximum Gasteiger partial charge on any atom is 0.244 e. The van der Waals surface area contributed by atoms with E-state index in [-0.39, 0.29) is 5.91 Å². The molecule has 3 rings (SSSR count). The molecule has 1 N–H and O–H groups in total. The fourth-order valence-electron chi connectivity index (χ4n) is 2.66. The topological polar surface area (TPSA) is 51.2 Å². The van der Waals surface area contributed by atoms with E-state index in [1.54, 1.807) is 18.5 Å². The van der Waals surface area contributed by atoms with Crippen LogP contribution in [0, 0.1) is 6.92 Å². The summed E-state index contributed by atoms with van der Waals surface area (Å²) in [6, 6.07) is 16.1. The van der Waals surface area contributed by atoms with Gasteiger partial charge in [-0.15, -0.1) is 0 Å². The number of carbonyl (C=O) groups is 1. The number of aromatic nitrogens is 1. The Morgan fingerprint density at radius 1 is 1.15 bits per heavy atom. The summed E-state index contributed by atoms with van der Waals surface area (Å²) in [7, 11) is 0. The predicted molar refractivity (Wildman–Crippen MR) is 105 cm³/mol. The smallest absolute Gasteiger partial charge is 0.244 e. The van der Waals surface area contributed by atoms with E-state index in [1.807, 2.05) is 37.3 Å². The third kappa shape index (κ3) is 4.70. The molecule has 1 aromatic heterocycles. The molecule has 1 heterocycles. The lowest BCUT2D eigenvalue weighted by Gasteiger charge is -2.09. The predicted octanol–water partition coefficient (Wildman–Crippen LogP) is 4.14. The molecule has 132 valence electrons. The van der Waals surface area contributed by atoms with Crippen molar-refractivity contribution in [3.05, 3.63) is 78.1 Å². The van der Waals surface area contributed by atoms with Gasteiger partial charge in [-0.05, 0) is 48.1 Å². The van der Waals surface area contributed by atoms with Crippen LogP contribution in [0.4, 0.5) is 0 Å². The molecule has 0 fully saturated rings.